The summed E-state index contributed by atoms with van der Waals surface area (Å²) in [6.07, 6.45) is 9.33. The summed E-state index contributed by atoms with van der Waals surface area (Å²) in [6, 6.07) is 0. The Bertz CT molecular complexity index is 386. The van der Waals surface area contributed by atoms with Crippen LogP contribution in [0.2, 0.25) is 0 Å². The van der Waals surface area contributed by atoms with Crippen molar-refractivity contribution in [1.29, 1.82) is 0 Å². The van der Waals surface area contributed by atoms with Crippen LogP contribution in [0.15, 0.2) is 23.5 Å². The molecule has 0 aromatic carbocycles. The smallest absolute Gasteiger partial charge is 0.106 e. The third kappa shape index (κ3) is 1.82. The van der Waals surface area contributed by atoms with E-state index in [1.165, 1.54) is 0 Å². The summed E-state index contributed by atoms with van der Waals surface area (Å²) in [4.78, 5) is 13.1. The molecule has 0 aliphatic carbocycles. The molecule has 1 aliphatic rings. The van der Waals surface area contributed by atoms with Crippen LogP contribution in [0.5, 0.6) is 0 Å². The van der Waals surface area contributed by atoms with Gasteiger partial charge in [-0.15, -0.1) is 0 Å². The van der Waals surface area contributed by atoms with Gasteiger partial charge in [0.2, 0.25) is 0 Å². The van der Waals surface area contributed by atoms with Crippen LogP contribution in [0, 0.1) is 5.92 Å². The van der Waals surface area contributed by atoms with Crippen molar-refractivity contribution in [2.24, 2.45) is 10.9 Å². The van der Waals surface area contributed by atoms with E-state index in [2.05, 4.69) is 41.8 Å². The fourth-order valence-electron chi connectivity index (χ4n) is 1.42. The molecule has 0 radical (unpaired) electrons. The summed E-state index contributed by atoms with van der Waals surface area (Å²) in [5, 5.41) is 0. The standard InChI is InChI=1S/C12H15N3/c1-9(2)12(3)5-4-10-11(8-15-12)14-7-6-13-10/h4-9H,1-3H3. The molecular weight excluding hydrogens is 186 g/mol. The highest BCUT2D eigenvalue weighted by Crippen LogP contribution is 2.26. The maximum Gasteiger partial charge on any atom is 0.106 e. The molecule has 78 valence electrons. The minimum atomic E-state index is -0.150. The quantitative estimate of drug-likeness (QED) is 0.699. The zero-order chi connectivity index (χ0) is 10.9. The predicted octanol–water partition coefficient (Wildman–Crippen LogP) is 2.34. The Morgan fingerprint density at radius 1 is 1.13 bits per heavy atom. The summed E-state index contributed by atoms with van der Waals surface area (Å²) < 4.78 is 0. The first-order valence-corrected chi connectivity index (χ1v) is 5.17. The fraction of sp³-hybridized carbons (Fsp3) is 0.417. The molecule has 0 saturated carbocycles. The number of rotatable bonds is 1. The molecule has 2 rings (SSSR count). The van der Waals surface area contributed by atoms with E-state index in [-0.39, 0.29) is 5.54 Å². The van der Waals surface area contributed by atoms with Crippen molar-refractivity contribution in [3.05, 3.63) is 29.9 Å². The molecule has 1 aromatic rings. The zero-order valence-electron chi connectivity index (χ0n) is 9.31. The molecule has 0 bridgehead atoms. The van der Waals surface area contributed by atoms with Gasteiger partial charge in [0.25, 0.3) is 0 Å². The van der Waals surface area contributed by atoms with Gasteiger partial charge in [-0.25, -0.2) is 0 Å². The Kier molecular flexibility index (Phi) is 2.39. The van der Waals surface area contributed by atoms with E-state index < -0.39 is 0 Å². The number of fused-ring (bicyclic) bond motifs is 1. The first kappa shape index (κ1) is 10.0. The van der Waals surface area contributed by atoms with Crippen LogP contribution in [0.4, 0.5) is 0 Å². The minimum absolute atomic E-state index is 0.150. The summed E-state index contributed by atoms with van der Waals surface area (Å²) >= 11 is 0. The van der Waals surface area contributed by atoms with E-state index in [0.717, 1.165) is 11.4 Å². The van der Waals surface area contributed by atoms with E-state index in [4.69, 9.17) is 0 Å². The number of aliphatic imine (C=N–C) groups is 1. The monoisotopic (exact) mass is 201 g/mol. The van der Waals surface area contributed by atoms with Gasteiger partial charge in [0.05, 0.1) is 17.4 Å². The predicted molar refractivity (Wildman–Crippen MR) is 61.9 cm³/mol. The third-order valence-corrected chi connectivity index (χ3v) is 2.97. The largest absolute Gasteiger partial charge is 0.280 e. The normalized spacial score (nSPS) is 24.0. The van der Waals surface area contributed by atoms with Gasteiger partial charge >= 0.3 is 0 Å². The van der Waals surface area contributed by atoms with Crippen LogP contribution in [0.3, 0.4) is 0 Å². The molecule has 1 aromatic heterocycles. The SMILES string of the molecule is CC(C)C1(C)C=Cc2nccnc2C=N1. The third-order valence-electron chi connectivity index (χ3n) is 2.97. The Labute approximate surface area is 90.0 Å². The number of nitrogens with zero attached hydrogens (tertiary/aromatic N) is 3. The summed E-state index contributed by atoms with van der Waals surface area (Å²) in [6.45, 7) is 6.45. The second kappa shape index (κ2) is 3.57. The molecule has 3 nitrogen and oxygen atoms in total. The van der Waals surface area contributed by atoms with Crippen molar-refractivity contribution >= 4 is 12.3 Å². The highest BCUT2D eigenvalue weighted by molar-refractivity contribution is 5.83. The topological polar surface area (TPSA) is 38.1 Å². The van der Waals surface area contributed by atoms with Gasteiger partial charge in [0, 0.05) is 12.4 Å². The fourth-order valence-corrected chi connectivity index (χ4v) is 1.42. The van der Waals surface area contributed by atoms with Crippen molar-refractivity contribution in [3.8, 4) is 0 Å². The lowest BCUT2D eigenvalue weighted by atomic mass is 9.89. The van der Waals surface area contributed by atoms with E-state index in [1.54, 1.807) is 12.4 Å². The highest BCUT2D eigenvalue weighted by atomic mass is 14.9. The molecule has 2 heterocycles. The van der Waals surface area contributed by atoms with Gasteiger partial charge in [-0.1, -0.05) is 19.9 Å². The molecule has 0 fully saturated rings. The van der Waals surface area contributed by atoms with Crippen LogP contribution >= 0.6 is 0 Å². The molecule has 0 saturated heterocycles. The average molecular weight is 201 g/mol. The molecule has 1 atom stereocenters. The molecule has 0 amide bonds. The van der Waals surface area contributed by atoms with Crippen molar-refractivity contribution < 1.29 is 0 Å². The van der Waals surface area contributed by atoms with Crippen LogP contribution < -0.4 is 0 Å². The molecule has 15 heavy (non-hydrogen) atoms. The van der Waals surface area contributed by atoms with Crippen LogP contribution in [-0.4, -0.2) is 21.7 Å². The van der Waals surface area contributed by atoms with Gasteiger partial charge in [-0.2, -0.15) is 0 Å². The van der Waals surface area contributed by atoms with Gasteiger partial charge < -0.3 is 0 Å². The van der Waals surface area contributed by atoms with Crippen molar-refractivity contribution in [2.75, 3.05) is 0 Å². The van der Waals surface area contributed by atoms with Crippen molar-refractivity contribution in [2.45, 2.75) is 26.3 Å². The molecule has 1 aliphatic heterocycles. The van der Waals surface area contributed by atoms with E-state index in [1.807, 2.05) is 12.3 Å². The number of hydrogen-bond acceptors (Lipinski definition) is 3. The van der Waals surface area contributed by atoms with Gasteiger partial charge in [-0.05, 0) is 18.9 Å². The first-order chi connectivity index (χ1) is 7.12. The van der Waals surface area contributed by atoms with E-state index in [9.17, 15) is 0 Å². The summed E-state index contributed by atoms with van der Waals surface area (Å²) in [5.41, 5.74) is 1.59. The minimum Gasteiger partial charge on any atom is -0.280 e. The molecule has 0 N–H and O–H groups in total. The van der Waals surface area contributed by atoms with E-state index >= 15 is 0 Å². The molecule has 1 unspecified atom stereocenters. The lowest BCUT2D eigenvalue weighted by molar-refractivity contribution is 0.426. The van der Waals surface area contributed by atoms with Gasteiger partial charge in [0.15, 0.2) is 0 Å². The van der Waals surface area contributed by atoms with Gasteiger partial charge in [-0.3, -0.25) is 15.0 Å². The highest BCUT2D eigenvalue weighted by Gasteiger charge is 2.25. The molecule has 0 spiro atoms. The maximum absolute atomic E-state index is 4.58. The second-order valence-electron chi connectivity index (χ2n) is 4.30. The number of aromatic nitrogens is 2. The van der Waals surface area contributed by atoms with Crippen LogP contribution in [0.25, 0.3) is 6.08 Å². The van der Waals surface area contributed by atoms with E-state index in [0.29, 0.717) is 5.92 Å². The Morgan fingerprint density at radius 2 is 1.80 bits per heavy atom. The average Bonchev–Trinajstić information content (AvgIpc) is 2.40. The molecule has 3 heteroatoms. The van der Waals surface area contributed by atoms with Gasteiger partial charge in [0.1, 0.15) is 5.69 Å². The second-order valence-corrected chi connectivity index (χ2v) is 4.30. The Hall–Kier alpha value is -1.51. The van der Waals surface area contributed by atoms with Crippen molar-refractivity contribution in [1.82, 2.24) is 9.97 Å². The lowest BCUT2D eigenvalue weighted by Gasteiger charge is -2.24. The first-order valence-electron chi connectivity index (χ1n) is 5.17. The summed E-state index contributed by atoms with van der Waals surface area (Å²) in [5.74, 6) is 0.458. The Balaban J connectivity index is 2.46. The maximum atomic E-state index is 4.58. The Morgan fingerprint density at radius 3 is 2.47 bits per heavy atom. The molecular formula is C12H15N3. The zero-order valence-corrected chi connectivity index (χ0v) is 9.31. The summed E-state index contributed by atoms with van der Waals surface area (Å²) in [7, 11) is 0. The number of hydrogen-bond donors (Lipinski definition) is 0. The lowest BCUT2D eigenvalue weighted by Crippen LogP contribution is -2.25. The van der Waals surface area contributed by atoms with Crippen molar-refractivity contribution in [3.63, 3.8) is 0 Å². The van der Waals surface area contributed by atoms with Crippen LogP contribution in [-0.2, 0) is 0 Å². The van der Waals surface area contributed by atoms with Crippen LogP contribution in [0.1, 0.15) is 32.2 Å².